The molecule has 0 radical (unpaired) electrons. The van der Waals surface area contributed by atoms with Crippen LogP contribution in [0.15, 0.2) is 36.4 Å². The van der Waals surface area contributed by atoms with Gasteiger partial charge in [0.15, 0.2) is 0 Å². The first-order valence-electron chi connectivity index (χ1n) is 7.48. The van der Waals surface area contributed by atoms with Gasteiger partial charge in [0.25, 0.3) is 0 Å². The lowest BCUT2D eigenvalue weighted by Crippen LogP contribution is -2.10. The van der Waals surface area contributed by atoms with Gasteiger partial charge in [-0.3, -0.25) is 0 Å². The molecule has 21 heavy (non-hydrogen) atoms. The molecule has 2 rings (SSSR count). The average Bonchev–Trinajstić information content (AvgIpc) is 2.48. The molecule has 110 valence electrons. The van der Waals surface area contributed by atoms with E-state index in [4.69, 9.17) is 16.3 Å². The summed E-state index contributed by atoms with van der Waals surface area (Å²) in [5.41, 5.74) is 1.03. The van der Waals surface area contributed by atoms with E-state index < -0.39 is 0 Å². The quantitative estimate of drug-likeness (QED) is 0.531. The summed E-state index contributed by atoms with van der Waals surface area (Å²) < 4.78 is 5.93. The Balaban J connectivity index is 2.18. The predicted octanol–water partition coefficient (Wildman–Crippen LogP) is 5.39. The van der Waals surface area contributed by atoms with E-state index in [0.717, 1.165) is 30.6 Å². The van der Waals surface area contributed by atoms with Crippen LogP contribution in [-0.2, 0) is 0 Å². The van der Waals surface area contributed by atoms with Crippen molar-refractivity contribution < 1.29 is 4.74 Å². The van der Waals surface area contributed by atoms with E-state index in [-0.39, 0.29) is 6.10 Å². The zero-order valence-corrected chi connectivity index (χ0v) is 13.4. The first kappa shape index (κ1) is 15.7. The minimum Gasteiger partial charge on any atom is -0.491 e. The lowest BCUT2D eigenvalue weighted by atomic mass is 10.1. The van der Waals surface area contributed by atoms with E-state index in [1.165, 1.54) is 10.8 Å². The van der Waals surface area contributed by atoms with E-state index in [9.17, 15) is 0 Å². The Morgan fingerprint density at radius 1 is 1.14 bits per heavy atom. The van der Waals surface area contributed by atoms with Crippen LogP contribution in [0.5, 0.6) is 5.75 Å². The molecule has 0 saturated heterocycles. The molecule has 1 atom stereocenters. The number of hydrogen-bond acceptors (Lipinski definition) is 1. The lowest BCUT2D eigenvalue weighted by molar-refractivity contribution is 0.210. The Labute approximate surface area is 132 Å². The second kappa shape index (κ2) is 7.96. The van der Waals surface area contributed by atoms with Crippen molar-refractivity contribution in [2.24, 2.45) is 0 Å². The maximum absolute atomic E-state index is 5.93. The van der Waals surface area contributed by atoms with Crippen LogP contribution < -0.4 is 4.74 Å². The highest BCUT2D eigenvalue weighted by molar-refractivity contribution is 6.18. The SMILES string of the molecule is CCCC(C)Oc1ccc2cc(C#CCCCl)ccc2c1. The zero-order chi connectivity index (χ0) is 15.1. The molecule has 0 heterocycles. The van der Waals surface area contributed by atoms with Gasteiger partial charge in [0.2, 0.25) is 0 Å². The molecule has 0 bridgehead atoms. The molecule has 1 unspecified atom stereocenters. The minimum absolute atomic E-state index is 0.258. The summed E-state index contributed by atoms with van der Waals surface area (Å²) in [6, 6.07) is 12.5. The van der Waals surface area contributed by atoms with Gasteiger partial charge in [-0.2, -0.15) is 0 Å². The number of halogens is 1. The summed E-state index contributed by atoms with van der Waals surface area (Å²) in [5, 5.41) is 2.36. The number of alkyl halides is 1. The van der Waals surface area contributed by atoms with Crippen molar-refractivity contribution in [3.63, 3.8) is 0 Å². The van der Waals surface area contributed by atoms with Crippen LogP contribution in [0.3, 0.4) is 0 Å². The lowest BCUT2D eigenvalue weighted by Gasteiger charge is -2.14. The van der Waals surface area contributed by atoms with Crippen LogP contribution >= 0.6 is 11.6 Å². The number of ether oxygens (including phenoxy) is 1. The average molecular weight is 301 g/mol. The van der Waals surface area contributed by atoms with Gasteiger partial charge in [0, 0.05) is 17.9 Å². The van der Waals surface area contributed by atoms with Crippen LogP contribution in [0.1, 0.15) is 38.7 Å². The highest BCUT2D eigenvalue weighted by Crippen LogP contribution is 2.23. The Morgan fingerprint density at radius 3 is 2.67 bits per heavy atom. The van der Waals surface area contributed by atoms with Gasteiger partial charge in [-0.15, -0.1) is 11.6 Å². The maximum Gasteiger partial charge on any atom is 0.120 e. The predicted molar refractivity (Wildman–Crippen MR) is 91.2 cm³/mol. The molecule has 0 aliphatic rings. The van der Waals surface area contributed by atoms with Crippen LogP contribution in [0.4, 0.5) is 0 Å². The number of fused-ring (bicyclic) bond motifs is 1. The molecule has 0 aliphatic carbocycles. The van der Waals surface area contributed by atoms with Crippen molar-refractivity contribution in [3.05, 3.63) is 42.0 Å². The third-order valence-electron chi connectivity index (χ3n) is 3.30. The van der Waals surface area contributed by atoms with Crippen molar-refractivity contribution in [1.29, 1.82) is 0 Å². The molecule has 0 spiro atoms. The van der Waals surface area contributed by atoms with E-state index in [1.807, 2.05) is 12.1 Å². The van der Waals surface area contributed by atoms with Crippen molar-refractivity contribution in [2.75, 3.05) is 5.88 Å². The summed E-state index contributed by atoms with van der Waals surface area (Å²) in [7, 11) is 0. The van der Waals surface area contributed by atoms with Crippen molar-refractivity contribution in [1.82, 2.24) is 0 Å². The fraction of sp³-hybridized carbons (Fsp3) is 0.368. The first-order chi connectivity index (χ1) is 10.2. The summed E-state index contributed by atoms with van der Waals surface area (Å²) in [5.74, 6) is 7.71. The van der Waals surface area contributed by atoms with E-state index in [2.05, 4.69) is 50.0 Å². The summed E-state index contributed by atoms with van der Waals surface area (Å²) in [4.78, 5) is 0. The van der Waals surface area contributed by atoms with E-state index >= 15 is 0 Å². The molecule has 0 aliphatic heterocycles. The first-order valence-corrected chi connectivity index (χ1v) is 8.01. The molecule has 2 heteroatoms. The topological polar surface area (TPSA) is 9.23 Å². The monoisotopic (exact) mass is 300 g/mol. The van der Waals surface area contributed by atoms with Gasteiger partial charge in [-0.1, -0.05) is 37.3 Å². The second-order valence-electron chi connectivity index (χ2n) is 5.18. The molecular formula is C19H21ClO. The molecule has 2 aromatic rings. The minimum atomic E-state index is 0.258. The van der Waals surface area contributed by atoms with Gasteiger partial charge < -0.3 is 4.74 Å². The van der Waals surface area contributed by atoms with Gasteiger partial charge in [-0.05, 0) is 48.4 Å². The maximum atomic E-state index is 5.93. The molecule has 0 saturated carbocycles. The van der Waals surface area contributed by atoms with E-state index in [1.54, 1.807) is 0 Å². The van der Waals surface area contributed by atoms with Gasteiger partial charge in [0.1, 0.15) is 5.75 Å². The van der Waals surface area contributed by atoms with Crippen molar-refractivity contribution in [3.8, 4) is 17.6 Å². The Hall–Kier alpha value is -1.65. The third kappa shape index (κ3) is 4.69. The molecule has 2 aromatic carbocycles. The molecule has 0 N–H and O–H groups in total. The van der Waals surface area contributed by atoms with Crippen LogP contribution in [0.25, 0.3) is 10.8 Å². The normalized spacial score (nSPS) is 11.8. The van der Waals surface area contributed by atoms with Crippen LogP contribution in [0, 0.1) is 11.8 Å². The number of rotatable bonds is 5. The molecular weight excluding hydrogens is 280 g/mol. The molecule has 1 nitrogen and oxygen atoms in total. The fourth-order valence-electron chi connectivity index (χ4n) is 2.28. The number of hydrogen-bond donors (Lipinski definition) is 0. The van der Waals surface area contributed by atoms with Crippen molar-refractivity contribution in [2.45, 2.75) is 39.2 Å². The fourth-order valence-corrected chi connectivity index (χ4v) is 2.38. The molecule has 0 amide bonds. The Kier molecular flexibility index (Phi) is 5.96. The smallest absolute Gasteiger partial charge is 0.120 e. The van der Waals surface area contributed by atoms with Gasteiger partial charge in [0.05, 0.1) is 6.10 Å². The molecule has 0 fully saturated rings. The Bertz CT molecular complexity index is 651. The summed E-state index contributed by atoms with van der Waals surface area (Å²) in [6.45, 7) is 4.29. The highest BCUT2D eigenvalue weighted by Gasteiger charge is 2.03. The van der Waals surface area contributed by atoms with Gasteiger partial charge >= 0.3 is 0 Å². The Morgan fingerprint density at radius 2 is 1.90 bits per heavy atom. The van der Waals surface area contributed by atoms with Crippen LogP contribution in [0.2, 0.25) is 0 Å². The van der Waals surface area contributed by atoms with E-state index in [0.29, 0.717) is 5.88 Å². The number of benzene rings is 2. The standard InChI is InChI=1S/C19H21ClO/c1-3-6-15(2)21-19-11-10-17-13-16(7-4-5-12-20)8-9-18(17)14-19/h8-11,13-15H,3,5-6,12H2,1-2H3. The summed E-state index contributed by atoms with van der Waals surface area (Å²) in [6.07, 6.45) is 3.20. The third-order valence-corrected chi connectivity index (χ3v) is 3.49. The molecule has 0 aromatic heterocycles. The van der Waals surface area contributed by atoms with Crippen molar-refractivity contribution >= 4 is 22.4 Å². The second-order valence-corrected chi connectivity index (χ2v) is 5.56. The van der Waals surface area contributed by atoms with Gasteiger partial charge in [-0.25, -0.2) is 0 Å². The zero-order valence-electron chi connectivity index (χ0n) is 12.7. The van der Waals surface area contributed by atoms with Crippen LogP contribution in [-0.4, -0.2) is 12.0 Å². The highest BCUT2D eigenvalue weighted by atomic mass is 35.5. The largest absolute Gasteiger partial charge is 0.491 e. The summed E-state index contributed by atoms with van der Waals surface area (Å²) >= 11 is 5.63.